The number of hydrogen-bond donors (Lipinski definition) is 2. The van der Waals surface area contributed by atoms with Crippen molar-refractivity contribution in [3.8, 4) is 0 Å². The first-order valence-electron chi connectivity index (χ1n) is 5.70. The van der Waals surface area contributed by atoms with Gasteiger partial charge in [-0.1, -0.05) is 32.1 Å². The average Bonchev–Trinajstić information content (AvgIpc) is 1.98. The fraction of sp³-hybridized carbons (Fsp3) is 1.00. The summed E-state index contributed by atoms with van der Waals surface area (Å²) in [6, 6.07) is -0.405. The minimum absolute atomic E-state index is 0.257. The largest absolute Gasteiger partial charge is 0.326 e. The van der Waals surface area contributed by atoms with Crippen LogP contribution in [0, 0.1) is 5.92 Å². The van der Waals surface area contributed by atoms with Gasteiger partial charge in [0.15, 0.2) is 0 Å². The van der Waals surface area contributed by atoms with Crippen LogP contribution in [0.1, 0.15) is 44.9 Å². The predicted molar refractivity (Wildman–Crippen MR) is 60.2 cm³/mol. The molecule has 90 valence electrons. The summed E-state index contributed by atoms with van der Waals surface area (Å²) < 4.78 is 30.2. The summed E-state index contributed by atoms with van der Waals surface area (Å²) in [6.45, 7) is 0. The van der Waals surface area contributed by atoms with Gasteiger partial charge in [0.1, 0.15) is 0 Å². The molecule has 0 spiro atoms. The van der Waals surface area contributed by atoms with E-state index in [-0.39, 0.29) is 11.7 Å². The lowest BCUT2D eigenvalue weighted by Crippen LogP contribution is -2.37. The van der Waals surface area contributed by atoms with Crippen molar-refractivity contribution in [3.63, 3.8) is 0 Å². The first kappa shape index (κ1) is 12.9. The van der Waals surface area contributed by atoms with Crippen LogP contribution in [-0.4, -0.2) is 24.8 Å². The monoisotopic (exact) mass is 235 g/mol. The SMILES string of the molecule is NC(CS(=O)(=O)O)C1CCCCCCC1. The van der Waals surface area contributed by atoms with Crippen LogP contribution in [-0.2, 0) is 10.1 Å². The Hall–Kier alpha value is -0.130. The van der Waals surface area contributed by atoms with Gasteiger partial charge in [-0.2, -0.15) is 8.42 Å². The quantitative estimate of drug-likeness (QED) is 0.727. The highest BCUT2D eigenvalue weighted by Crippen LogP contribution is 2.24. The molecule has 1 rings (SSSR count). The van der Waals surface area contributed by atoms with Gasteiger partial charge < -0.3 is 5.73 Å². The fourth-order valence-corrected chi connectivity index (χ4v) is 3.05. The number of hydrogen-bond acceptors (Lipinski definition) is 3. The molecule has 4 nitrogen and oxygen atoms in total. The van der Waals surface area contributed by atoms with Crippen molar-refractivity contribution in [2.45, 2.75) is 51.0 Å². The van der Waals surface area contributed by atoms with E-state index >= 15 is 0 Å². The Morgan fingerprint density at radius 3 is 2.07 bits per heavy atom. The molecule has 1 fully saturated rings. The van der Waals surface area contributed by atoms with Crippen LogP contribution in [0.15, 0.2) is 0 Å². The van der Waals surface area contributed by atoms with Crippen molar-refractivity contribution in [2.75, 3.05) is 5.75 Å². The lowest BCUT2D eigenvalue weighted by Gasteiger charge is -2.24. The zero-order valence-corrected chi connectivity index (χ0v) is 9.88. The molecule has 0 bridgehead atoms. The molecule has 0 amide bonds. The molecule has 0 saturated heterocycles. The third-order valence-electron chi connectivity index (χ3n) is 3.16. The molecule has 0 radical (unpaired) electrons. The molecule has 0 aliphatic heterocycles. The van der Waals surface area contributed by atoms with Gasteiger partial charge in [0.2, 0.25) is 0 Å². The van der Waals surface area contributed by atoms with Crippen LogP contribution in [0.4, 0.5) is 0 Å². The number of nitrogens with two attached hydrogens (primary N) is 1. The Morgan fingerprint density at radius 2 is 1.60 bits per heavy atom. The Morgan fingerprint density at radius 1 is 1.13 bits per heavy atom. The molecule has 1 aliphatic carbocycles. The zero-order valence-electron chi connectivity index (χ0n) is 9.06. The second-order valence-electron chi connectivity index (χ2n) is 4.52. The summed E-state index contributed by atoms with van der Waals surface area (Å²) >= 11 is 0. The van der Waals surface area contributed by atoms with E-state index in [1.807, 2.05) is 0 Å². The van der Waals surface area contributed by atoms with Gasteiger partial charge in [0.25, 0.3) is 10.1 Å². The summed E-state index contributed by atoms with van der Waals surface area (Å²) in [5.74, 6) is -0.0373. The molecule has 0 aromatic rings. The van der Waals surface area contributed by atoms with Crippen LogP contribution >= 0.6 is 0 Å². The minimum atomic E-state index is -3.92. The Labute approximate surface area is 92.0 Å². The molecule has 0 heterocycles. The van der Waals surface area contributed by atoms with E-state index in [0.717, 1.165) is 25.7 Å². The molecule has 5 heteroatoms. The molecular weight excluding hydrogens is 214 g/mol. The Kier molecular flexibility index (Phi) is 5.02. The van der Waals surface area contributed by atoms with Crippen LogP contribution < -0.4 is 5.73 Å². The van der Waals surface area contributed by atoms with Crippen molar-refractivity contribution >= 4 is 10.1 Å². The van der Waals surface area contributed by atoms with Gasteiger partial charge in [-0.3, -0.25) is 4.55 Å². The maximum atomic E-state index is 10.7. The first-order chi connectivity index (χ1) is 6.99. The van der Waals surface area contributed by atoms with Gasteiger partial charge in [-0.15, -0.1) is 0 Å². The zero-order chi connectivity index (χ0) is 11.3. The Bertz CT molecular complexity index is 268. The molecule has 1 unspecified atom stereocenters. The highest BCUT2D eigenvalue weighted by atomic mass is 32.2. The lowest BCUT2D eigenvalue weighted by molar-refractivity contribution is 0.332. The molecule has 15 heavy (non-hydrogen) atoms. The number of rotatable bonds is 3. The average molecular weight is 235 g/mol. The third kappa shape index (κ3) is 5.49. The molecule has 3 N–H and O–H groups in total. The standard InChI is InChI=1S/C10H21NO3S/c11-10(8-15(12,13)14)9-6-4-2-1-3-5-7-9/h9-10H,1-8,11H2,(H,12,13,14). The molecule has 1 aliphatic rings. The second-order valence-corrected chi connectivity index (χ2v) is 6.01. The molecule has 0 aromatic carbocycles. The maximum Gasteiger partial charge on any atom is 0.266 e. The van der Waals surface area contributed by atoms with Gasteiger partial charge >= 0.3 is 0 Å². The van der Waals surface area contributed by atoms with Gasteiger partial charge in [-0.25, -0.2) is 0 Å². The molecule has 1 atom stereocenters. The van der Waals surface area contributed by atoms with E-state index in [0.29, 0.717) is 0 Å². The summed E-state index contributed by atoms with van der Waals surface area (Å²) in [7, 11) is -3.92. The summed E-state index contributed by atoms with van der Waals surface area (Å²) in [6.07, 6.45) is 7.96. The summed E-state index contributed by atoms with van der Waals surface area (Å²) in [5, 5.41) is 0. The van der Waals surface area contributed by atoms with Crippen LogP contribution in [0.25, 0.3) is 0 Å². The highest BCUT2D eigenvalue weighted by molar-refractivity contribution is 7.85. The van der Waals surface area contributed by atoms with Crippen molar-refractivity contribution in [1.29, 1.82) is 0 Å². The smallest absolute Gasteiger partial charge is 0.266 e. The fourth-order valence-electron chi connectivity index (χ4n) is 2.30. The lowest BCUT2D eigenvalue weighted by atomic mass is 9.87. The van der Waals surface area contributed by atoms with E-state index in [4.69, 9.17) is 10.3 Å². The predicted octanol–water partition coefficient (Wildman–Crippen LogP) is 1.56. The van der Waals surface area contributed by atoms with E-state index in [1.54, 1.807) is 0 Å². The minimum Gasteiger partial charge on any atom is -0.326 e. The third-order valence-corrected chi connectivity index (χ3v) is 3.96. The van der Waals surface area contributed by atoms with Crippen LogP contribution in [0.3, 0.4) is 0 Å². The van der Waals surface area contributed by atoms with Crippen molar-refractivity contribution in [1.82, 2.24) is 0 Å². The van der Waals surface area contributed by atoms with Crippen LogP contribution in [0.5, 0.6) is 0 Å². The van der Waals surface area contributed by atoms with Crippen molar-refractivity contribution < 1.29 is 13.0 Å². The highest BCUT2D eigenvalue weighted by Gasteiger charge is 2.22. The molecule has 0 aromatic heterocycles. The van der Waals surface area contributed by atoms with Gasteiger partial charge in [0, 0.05) is 6.04 Å². The molecular formula is C10H21NO3S. The van der Waals surface area contributed by atoms with E-state index in [9.17, 15) is 8.42 Å². The molecule has 1 saturated carbocycles. The van der Waals surface area contributed by atoms with Gasteiger partial charge in [0.05, 0.1) is 5.75 Å². The topological polar surface area (TPSA) is 80.4 Å². The van der Waals surface area contributed by atoms with E-state index in [2.05, 4.69) is 0 Å². The van der Waals surface area contributed by atoms with Gasteiger partial charge in [-0.05, 0) is 18.8 Å². The van der Waals surface area contributed by atoms with Crippen molar-refractivity contribution in [2.24, 2.45) is 11.7 Å². The first-order valence-corrected chi connectivity index (χ1v) is 7.31. The Balaban J connectivity index is 2.45. The maximum absolute atomic E-state index is 10.7. The summed E-state index contributed by atoms with van der Waals surface area (Å²) in [4.78, 5) is 0. The van der Waals surface area contributed by atoms with Crippen LogP contribution in [0.2, 0.25) is 0 Å². The normalized spacial score (nSPS) is 23.1. The summed E-state index contributed by atoms with van der Waals surface area (Å²) in [5.41, 5.74) is 5.82. The van der Waals surface area contributed by atoms with Crippen molar-refractivity contribution in [3.05, 3.63) is 0 Å². The van der Waals surface area contributed by atoms with E-state index in [1.165, 1.54) is 19.3 Å². The van der Waals surface area contributed by atoms with E-state index < -0.39 is 16.2 Å². The second kappa shape index (κ2) is 5.82.